The Hall–Kier alpha value is -0.120. The van der Waals surface area contributed by atoms with Gasteiger partial charge in [0.1, 0.15) is 0 Å². The SMILES string of the molecule is CCCNCC1(CN2CCC3CCCCC32)CCOC1. The quantitative estimate of drug-likeness (QED) is 0.757. The van der Waals surface area contributed by atoms with Gasteiger partial charge in [0.15, 0.2) is 0 Å². The van der Waals surface area contributed by atoms with E-state index in [9.17, 15) is 0 Å². The molecule has 2 aliphatic heterocycles. The van der Waals surface area contributed by atoms with Gasteiger partial charge in [-0.3, -0.25) is 4.90 Å². The number of ether oxygens (including phenoxy) is 1. The molecule has 3 fully saturated rings. The molecule has 2 saturated heterocycles. The van der Waals surface area contributed by atoms with E-state index in [1.165, 1.54) is 58.0 Å². The van der Waals surface area contributed by atoms with Crippen LogP contribution in [0.15, 0.2) is 0 Å². The molecule has 1 N–H and O–H groups in total. The zero-order valence-electron chi connectivity index (χ0n) is 13.2. The molecule has 0 aromatic carbocycles. The van der Waals surface area contributed by atoms with Crippen LogP contribution in [-0.2, 0) is 4.74 Å². The maximum absolute atomic E-state index is 5.77. The van der Waals surface area contributed by atoms with Gasteiger partial charge in [0, 0.05) is 31.2 Å². The minimum absolute atomic E-state index is 0.390. The van der Waals surface area contributed by atoms with Crippen molar-refractivity contribution in [1.29, 1.82) is 0 Å². The molecule has 1 aliphatic carbocycles. The molecule has 116 valence electrons. The number of nitrogens with zero attached hydrogens (tertiary/aromatic N) is 1. The molecular formula is C17H32N2O. The van der Waals surface area contributed by atoms with Gasteiger partial charge in [-0.25, -0.2) is 0 Å². The van der Waals surface area contributed by atoms with Gasteiger partial charge < -0.3 is 10.1 Å². The summed E-state index contributed by atoms with van der Waals surface area (Å²) in [6.45, 7) is 9.09. The van der Waals surface area contributed by atoms with Crippen LogP contribution < -0.4 is 5.32 Å². The number of hydrogen-bond donors (Lipinski definition) is 1. The van der Waals surface area contributed by atoms with E-state index in [0.717, 1.165) is 38.3 Å². The van der Waals surface area contributed by atoms with Crippen LogP contribution in [0.4, 0.5) is 0 Å². The third-order valence-corrected chi connectivity index (χ3v) is 5.78. The molecule has 0 spiro atoms. The third kappa shape index (κ3) is 3.20. The Bertz CT molecular complexity index is 301. The predicted molar refractivity (Wildman–Crippen MR) is 83.0 cm³/mol. The highest BCUT2D eigenvalue weighted by molar-refractivity contribution is 4.95. The van der Waals surface area contributed by atoms with Crippen molar-refractivity contribution < 1.29 is 4.74 Å². The lowest BCUT2D eigenvalue weighted by atomic mass is 9.83. The third-order valence-electron chi connectivity index (χ3n) is 5.78. The van der Waals surface area contributed by atoms with Crippen LogP contribution in [0.5, 0.6) is 0 Å². The lowest BCUT2D eigenvalue weighted by Gasteiger charge is -2.38. The fraction of sp³-hybridized carbons (Fsp3) is 1.00. The van der Waals surface area contributed by atoms with Crippen molar-refractivity contribution in [2.75, 3.05) is 39.4 Å². The van der Waals surface area contributed by atoms with Gasteiger partial charge >= 0.3 is 0 Å². The Morgan fingerprint density at radius 3 is 2.95 bits per heavy atom. The largest absolute Gasteiger partial charge is 0.381 e. The molecule has 3 atom stereocenters. The fourth-order valence-electron chi connectivity index (χ4n) is 4.63. The topological polar surface area (TPSA) is 24.5 Å². The van der Waals surface area contributed by atoms with E-state index in [1.54, 1.807) is 0 Å². The first-order valence-corrected chi connectivity index (χ1v) is 8.85. The molecule has 3 rings (SSSR count). The van der Waals surface area contributed by atoms with Gasteiger partial charge in [-0.2, -0.15) is 0 Å². The number of hydrogen-bond acceptors (Lipinski definition) is 3. The molecule has 0 aromatic heterocycles. The normalized spacial score (nSPS) is 38.2. The first-order chi connectivity index (χ1) is 9.83. The molecule has 2 heterocycles. The van der Waals surface area contributed by atoms with Crippen molar-refractivity contribution in [1.82, 2.24) is 10.2 Å². The van der Waals surface area contributed by atoms with Crippen LogP contribution >= 0.6 is 0 Å². The van der Waals surface area contributed by atoms with E-state index in [0.29, 0.717) is 5.41 Å². The lowest BCUT2D eigenvalue weighted by Crippen LogP contribution is -2.47. The van der Waals surface area contributed by atoms with Crippen molar-refractivity contribution in [2.45, 2.75) is 57.9 Å². The van der Waals surface area contributed by atoms with Gasteiger partial charge in [-0.1, -0.05) is 19.8 Å². The molecule has 0 radical (unpaired) electrons. The summed E-state index contributed by atoms with van der Waals surface area (Å²) in [5.41, 5.74) is 0.390. The van der Waals surface area contributed by atoms with Gasteiger partial charge in [0.2, 0.25) is 0 Å². The maximum atomic E-state index is 5.77. The second-order valence-electron chi connectivity index (χ2n) is 7.35. The van der Waals surface area contributed by atoms with E-state index in [4.69, 9.17) is 4.74 Å². The van der Waals surface area contributed by atoms with E-state index in [1.807, 2.05) is 0 Å². The average Bonchev–Trinajstić information content (AvgIpc) is 3.08. The van der Waals surface area contributed by atoms with E-state index in [2.05, 4.69) is 17.1 Å². The molecule has 3 heteroatoms. The summed E-state index contributed by atoms with van der Waals surface area (Å²) in [7, 11) is 0. The molecule has 3 aliphatic rings. The second-order valence-corrected chi connectivity index (χ2v) is 7.35. The van der Waals surface area contributed by atoms with Crippen molar-refractivity contribution in [3.05, 3.63) is 0 Å². The highest BCUT2D eigenvalue weighted by Gasteiger charge is 2.42. The highest BCUT2D eigenvalue weighted by atomic mass is 16.5. The molecule has 3 unspecified atom stereocenters. The minimum Gasteiger partial charge on any atom is -0.381 e. The van der Waals surface area contributed by atoms with Crippen molar-refractivity contribution in [3.8, 4) is 0 Å². The summed E-state index contributed by atoms with van der Waals surface area (Å²) < 4.78 is 5.77. The van der Waals surface area contributed by atoms with Crippen molar-refractivity contribution in [2.24, 2.45) is 11.3 Å². The van der Waals surface area contributed by atoms with Gasteiger partial charge in [0.25, 0.3) is 0 Å². The van der Waals surface area contributed by atoms with Crippen LogP contribution in [0.25, 0.3) is 0 Å². The molecule has 1 saturated carbocycles. The summed E-state index contributed by atoms with van der Waals surface area (Å²) in [6, 6.07) is 0.896. The monoisotopic (exact) mass is 280 g/mol. The Kier molecular flexibility index (Phi) is 5.00. The highest BCUT2D eigenvalue weighted by Crippen LogP contribution is 2.39. The number of fused-ring (bicyclic) bond motifs is 1. The smallest absolute Gasteiger partial charge is 0.0547 e. The molecule has 0 bridgehead atoms. The Balaban J connectivity index is 1.58. The second kappa shape index (κ2) is 6.76. The zero-order valence-corrected chi connectivity index (χ0v) is 13.2. The molecular weight excluding hydrogens is 248 g/mol. The minimum atomic E-state index is 0.390. The van der Waals surface area contributed by atoms with E-state index in [-0.39, 0.29) is 0 Å². The van der Waals surface area contributed by atoms with Gasteiger partial charge in [-0.15, -0.1) is 0 Å². The Labute approximate surface area is 124 Å². The number of rotatable bonds is 6. The molecule has 20 heavy (non-hydrogen) atoms. The van der Waals surface area contributed by atoms with Crippen LogP contribution in [0, 0.1) is 11.3 Å². The zero-order chi connectivity index (χ0) is 13.8. The molecule has 0 aromatic rings. The fourth-order valence-corrected chi connectivity index (χ4v) is 4.63. The summed E-state index contributed by atoms with van der Waals surface area (Å²) in [5, 5.41) is 3.66. The standard InChI is InChI=1S/C17H32N2O/c1-2-9-18-12-17(8-11-20-14-17)13-19-10-7-15-5-3-4-6-16(15)19/h15-16,18H,2-14H2,1H3. The Morgan fingerprint density at radius 2 is 2.15 bits per heavy atom. The molecule has 0 amide bonds. The first-order valence-electron chi connectivity index (χ1n) is 8.85. The Morgan fingerprint density at radius 1 is 1.25 bits per heavy atom. The van der Waals surface area contributed by atoms with Gasteiger partial charge in [0.05, 0.1) is 6.61 Å². The average molecular weight is 280 g/mol. The van der Waals surface area contributed by atoms with Crippen LogP contribution in [0.1, 0.15) is 51.9 Å². The summed E-state index contributed by atoms with van der Waals surface area (Å²) in [4.78, 5) is 2.83. The predicted octanol–water partition coefficient (Wildman–Crippen LogP) is 2.66. The van der Waals surface area contributed by atoms with E-state index < -0.39 is 0 Å². The van der Waals surface area contributed by atoms with Crippen LogP contribution in [0.3, 0.4) is 0 Å². The van der Waals surface area contributed by atoms with E-state index >= 15 is 0 Å². The molecule has 3 nitrogen and oxygen atoms in total. The lowest BCUT2D eigenvalue weighted by molar-refractivity contribution is 0.0872. The van der Waals surface area contributed by atoms with Crippen LogP contribution in [0.2, 0.25) is 0 Å². The number of likely N-dealkylation sites (tertiary alicyclic amines) is 1. The summed E-state index contributed by atoms with van der Waals surface area (Å²) >= 11 is 0. The van der Waals surface area contributed by atoms with Gasteiger partial charge in [-0.05, 0) is 51.1 Å². The summed E-state index contributed by atoms with van der Waals surface area (Å²) in [5.74, 6) is 1.01. The maximum Gasteiger partial charge on any atom is 0.0547 e. The van der Waals surface area contributed by atoms with Crippen molar-refractivity contribution in [3.63, 3.8) is 0 Å². The van der Waals surface area contributed by atoms with Crippen molar-refractivity contribution >= 4 is 0 Å². The van der Waals surface area contributed by atoms with Crippen LogP contribution in [-0.4, -0.2) is 50.3 Å². The summed E-state index contributed by atoms with van der Waals surface area (Å²) in [6.07, 6.45) is 9.78. The number of nitrogens with one attached hydrogen (secondary N) is 1. The first kappa shape index (κ1) is 14.8.